The Bertz CT molecular complexity index is 344. The quantitative estimate of drug-likeness (QED) is 0.765. The van der Waals surface area contributed by atoms with Crippen molar-refractivity contribution in [3.05, 3.63) is 35.9 Å². The van der Waals surface area contributed by atoms with E-state index in [0.717, 1.165) is 5.56 Å². The van der Waals surface area contributed by atoms with Gasteiger partial charge in [0.05, 0.1) is 0 Å². The molecule has 3 heteroatoms. The molecule has 0 aliphatic rings. The Morgan fingerprint density at radius 3 is 2.47 bits per heavy atom. The van der Waals surface area contributed by atoms with Crippen LogP contribution >= 0.6 is 0 Å². The molecule has 2 N–H and O–H groups in total. The van der Waals surface area contributed by atoms with E-state index in [4.69, 9.17) is 5.73 Å². The van der Waals surface area contributed by atoms with Gasteiger partial charge in [0, 0.05) is 6.21 Å². The second-order valence-electron chi connectivity index (χ2n) is 3.75. The highest BCUT2D eigenvalue weighted by Crippen LogP contribution is 2.10. The molecule has 0 saturated heterocycles. The number of nitrogens with two attached hydrogens (primary N) is 1. The van der Waals surface area contributed by atoms with Gasteiger partial charge in [-0.15, -0.1) is 0 Å². The molecule has 3 nitrogen and oxygen atoms in total. The van der Waals surface area contributed by atoms with Crippen LogP contribution in [0.4, 0.5) is 0 Å². The molecule has 1 atom stereocenters. The molecule has 0 saturated carbocycles. The molecule has 1 aromatic carbocycles. The van der Waals surface area contributed by atoms with Crippen LogP contribution in [0.15, 0.2) is 35.3 Å². The van der Waals surface area contributed by atoms with Gasteiger partial charge in [0.1, 0.15) is 6.04 Å². The van der Waals surface area contributed by atoms with Crippen LogP contribution in [0.5, 0.6) is 0 Å². The fourth-order valence-electron chi connectivity index (χ4n) is 1.11. The number of hydrogen-bond acceptors (Lipinski definition) is 2. The Balaban J connectivity index is 2.69. The molecule has 0 unspecified atom stereocenters. The van der Waals surface area contributed by atoms with Crippen LogP contribution in [-0.2, 0) is 4.79 Å². The number of carbonyl (C=O) groups is 1. The zero-order valence-corrected chi connectivity index (χ0v) is 9.05. The molecule has 0 bridgehead atoms. The van der Waals surface area contributed by atoms with Gasteiger partial charge in [-0.2, -0.15) is 0 Å². The van der Waals surface area contributed by atoms with Crippen molar-refractivity contribution in [3.63, 3.8) is 0 Å². The maximum atomic E-state index is 11.5. The second kappa shape index (κ2) is 5.41. The maximum absolute atomic E-state index is 11.5. The van der Waals surface area contributed by atoms with Gasteiger partial charge < -0.3 is 5.73 Å². The molecule has 1 aromatic rings. The minimum atomic E-state index is -0.652. The van der Waals surface area contributed by atoms with E-state index in [-0.39, 0.29) is 11.8 Å². The van der Waals surface area contributed by atoms with E-state index in [0.29, 0.717) is 0 Å². The number of amides is 1. The number of aliphatic imine (C=N–C) groups is 1. The summed E-state index contributed by atoms with van der Waals surface area (Å²) >= 11 is 0. The highest BCUT2D eigenvalue weighted by molar-refractivity contribution is 5.90. The number of hydrogen-bond donors (Lipinski definition) is 1. The average Bonchev–Trinajstić information content (AvgIpc) is 2.26. The summed E-state index contributed by atoms with van der Waals surface area (Å²) in [6, 6.07) is 8.60. The topological polar surface area (TPSA) is 55.5 Å². The zero-order valence-electron chi connectivity index (χ0n) is 9.05. The summed E-state index contributed by atoms with van der Waals surface area (Å²) in [5, 5.41) is 0. The van der Waals surface area contributed by atoms with Crippen LogP contribution in [0.3, 0.4) is 0 Å². The molecule has 0 spiro atoms. The number of carbonyl (C=O) groups excluding carboxylic acids is 1. The monoisotopic (exact) mass is 204 g/mol. The van der Waals surface area contributed by atoms with Crippen molar-refractivity contribution in [1.82, 2.24) is 0 Å². The van der Waals surface area contributed by atoms with Crippen molar-refractivity contribution < 1.29 is 4.79 Å². The van der Waals surface area contributed by atoms with Gasteiger partial charge in [0.2, 0.25) is 0 Å². The van der Waals surface area contributed by atoms with Crippen molar-refractivity contribution in [3.8, 4) is 0 Å². The standard InChI is InChI=1S/C12H16N2O/c1-9(2)8-14-12(15)11(13)10-6-4-3-5-7-10/h3-9,11H,13H2,1-2H3/t11-/m1/s1. The third-order valence-electron chi connectivity index (χ3n) is 1.92. The van der Waals surface area contributed by atoms with E-state index in [1.807, 2.05) is 44.2 Å². The van der Waals surface area contributed by atoms with E-state index in [2.05, 4.69) is 4.99 Å². The molecular formula is C12H16N2O. The van der Waals surface area contributed by atoms with Gasteiger partial charge >= 0.3 is 0 Å². The number of rotatable bonds is 3. The first-order valence-corrected chi connectivity index (χ1v) is 5.00. The first-order chi connectivity index (χ1) is 7.11. The molecule has 0 radical (unpaired) electrons. The average molecular weight is 204 g/mol. The molecule has 0 heterocycles. The fraction of sp³-hybridized carbons (Fsp3) is 0.333. The van der Waals surface area contributed by atoms with E-state index < -0.39 is 6.04 Å². The van der Waals surface area contributed by atoms with E-state index in [9.17, 15) is 4.79 Å². The highest BCUT2D eigenvalue weighted by atomic mass is 16.1. The fourth-order valence-corrected chi connectivity index (χ4v) is 1.11. The lowest BCUT2D eigenvalue weighted by Gasteiger charge is -2.06. The molecule has 0 fully saturated rings. The van der Waals surface area contributed by atoms with Crippen LogP contribution < -0.4 is 5.73 Å². The van der Waals surface area contributed by atoms with Gasteiger partial charge in [-0.3, -0.25) is 4.79 Å². The van der Waals surface area contributed by atoms with Gasteiger partial charge in [-0.1, -0.05) is 44.2 Å². The lowest BCUT2D eigenvalue weighted by atomic mass is 10.1. The molecule has 1 rings (SSSR count). The minimum absolute atomic E-state index is 0.261. The minimum Gasteiger partial charge on any atom is -0.316 e. The Morgan fingerprint density at radius 2 is 1.93 bits per heavy atom. The van der Waals surface area contributed by atoms with Gasteiger partial charge in [-0.05, 0) is 11.5 Å². The Kier molecular flexibility index (Phi) is 4.18. The first kappa shape index (κ1) is 11.6. The smallest absolute Gasteiger partial charge is 0.266 e. The number of nitrogens with zero attached hydrogens (tertiary/aromatic N) is 1. The molecule has 0 aliphatic carbocycles. The second-order valence-corrected chi connectivity index (χ2v) is 3.75. The number of benzene rings is 1. The predicted octanol–water partition coefficient (Wildman–Crippen LogP) is 1.94. The SMILES string of the molecule is CC(C)C=NC(=O)[C@H](N)c1ccccc1. The summed E-state index contributed by atoms with van der Waals surface area (Å²) in [5.74, 6) is -0.0353. The molecule has 1 amide bonds. The van der Waals surface area contributed by atoms with Crippen LogP contribution in [0, 0.1) is 5.92 Å². The van der Waals surface area contributed by atoms with Crippen molar-refractivity contribution in [1.29, 1.82) is 0 Å². The normalized spacial score (nSPS) is 13.3. The van der Waals surface area contributed by atoms with Crippen molar-refractivity contribution >= 4 is 12.1 Å². The van der Waals surface area contributed by atoms with Crippen molar-refractivity contribution in [2.75, 3.05) is 0 Å². The van der Waals surface area contributed by atoms with Crippen LogP contribution in [0.2, 0.25) is 0 Å². The van der Waals surface area contributed by atoms with E-state index in [1.165, 1.54) is 0 Å². The van der Waals surface area contributed by atoms with Gasteiger partial charge in [0.15, 0.2) is 0 Å². The lowest BCUT2D eigenvalue weighted by molar-refractivity contribution is -0.119. The summed E-state index contributed by atoms with van der Waals surface area (Å²) in [7, 11) is 0. The van der Waals surface area contributed by atoms with Crippen molar-refractivity contribution in [2.45, 2.75) is 19.9 Å². The Labute approximate surface area is 90.0 Å². The highest BCUT2D eigenvalue weighted by Gasteiger charge is 2.13. The third kappa shape index (κ3) is 3.64. The summed E-state index contributed by atoms with van der Waals surface area (Å²) in [6.45, 7) is 3.93. The van der Waals surface area contributed by atoms with Crippen LogP contribution in [0.1, 0.15) is 25.5 Å². The Hall–Kier alpha value is -1.48. The molecule has 0 aliphatic heterocycles. The zero-order chi connectivity index (χ0) is 11.3. The molecule has 0 aromatic heterocycles. The maximum Gasteiger partial charge on any atom is 0.266 e. The summed E-state index contributed by atoms with van der Waals surface area (Å²) < 4.78 is 0. The molecule has 15 heavy (non-hydrogen) atoms. The van der Waals surface area contributed by atoms with Gasteiger partial charge in [0.25, 0.3) is 5.91 Å². The molecular weight excluding hydrogens is 188 g/mol. The third-order valence-corrected chi connectivity index (χ3v) is 1.92. The first-order valence-electron chi connectivity index (χ1n) is 5.00. The molecule has 80 valence electrons. The summed E-state index contributed by atoms with van der Waals surface area (Å²) in [4.78, 5) is 15.3. The van der Waals surface area contributed by atoms with E-state index >= 15 is 0 Å². The van der Waals surface area contributed by atoms with Gasteiger partial charge in [-0.25, -0.2) is 4.99 Å². The predicted molar refractivity (Wildman–Crippen MR) is 61.7 cm³/mol. The Morgan fingerprint density at radius 1 is 1.33 bits per heavy atom. The largest absolute Gasteiger partial charge is 0.316 e. The van der Waals surface area contributed by atoms with Crippen LogP contribution in [-0.4, -0.2) is 12.1 Å². The van der Waals surface area contributed by atoms with Crippen LogP contribution in [0.25, 0.3) is 0 Å². The summed E-state index contributed by atoms with van der Waals surface area (Å²) in [5.41, 5.74) is 6.56. The van der Waals surface area contributed by atoms with E-state index in [1.54, 1.807) is 6.21 Å². The summed E-state index contributed by atoms with van der Waals surface area (Å²) in [6.07, 6.45) is 1.62. The lowest BCUT2D eigenvalue weighted by Crippen LogP contribution is -2.19. The van der Waals surface area contributed by atoms with Crippen molar-refractivity contribution in [2.24, 2.45) is 16.6 Å².